The maximum absolute atomic E-state index is 6.36. The maximum atomic E-state index is 6.36. The Morgan fingerprint density at radius 3 is 1.94 bits per heavy atom. The zero-order valence-electron chi connectivity index (χ0n) is 22.9. The minimum absolute atomic E-state index is 0.0194. The number of benzene rings is 1. The van der Waals surface area contributed by atoms with Crippen LogP contribution < -0.4 is 29.0 Å². The number of rotatable bonds is 12. The topological polar surface area (TPSA) is 80.3 Å². The molecule has 0 spiro atoms. The van der Waals surface area contributed by atoms with Crippen LogP contribution in [0.4, 0.5) is 5.69 Å². The van der Waals surface area contributed by atoms with Gasteiger partial charge < -0.3 is 33.4 Å². The normalized spacial score (nSPS) is 12.7. The predicted octanol–water partition coefficient (Wildman–Crippen LogP) is 6.04. The van der Waals surface area contributed by atoms with Crippen LogP contribution in [0.2, 0.25) is 5.04 Å². The molecule has 0 aliphatic carbocycles. The summed E-state index contributed by atoms with van der Waals surface area (Å²) < 4.78 is 34.8. The number of methoxy groups -OCH3 is 4. The summed E-state index contributed by atoms with van der Waals surface area (Å²) in [5.41, 5.74) is 1.12. The Morgan fingerprint density at radius 1 is 0.886 bits per heavy atom. The Bertz CT molecular complexity index is 966. The van der Waals surface area contributed by atoms with Gasteiger partial charge in [-0.1, -0.05) is 27.7 Å². The second-order valence-corrected chi connectivity index (χ2v) is 11.7. The van der Waals surface area contributed by atoms with Gasteiger partial charge in [0, 0.05) is 17.8 Å². The first-order chi connectivity index (χ1) is 16.4. The zero-order chi connectivity index (χ0) is 26.4. The Balaban J connectivity index is 2.47. The molecule has 0 saturated carbocycles. The summed E-state index contributed by atoms with van der Waals surface area (Å²) in [6.07, 6.45) is 0.850. The molecule has 0 aliphatic rings. The molecule has 8 nitrogen and oxygen atoms in total. The first-order valence-corrected chi connectivity index (χ1v) is 12.5. The van der Waals surface area contributed by atoms with Crippen molar-refractivity contribution >= 4 is 15.5 Å². The van der Waals surface area contributed by atoms with Crippen molar-refractivity contribution in [2.45, 2.75) is 71.6 Å². The van der Waals surface area contributed by atoms with Gasteiger partial charge in [0.05, 0.1) is 45.8 Å². The quantitative estimate of drug-likeness (QED) is 0.351. The minimum atomic E-state index is -0.411. The summed E-state index contributed by atoms with van der Waals surface area (Å²) >= 11 is 0. The molecule has 1 aromatic carbocycles. The number of nitrogens with zero attached hydrogens (tertiary/aromatic N) is 1. The van der Waals surface area contributed by atoms with E-state index in [2.05, 4.69) is 51.8 Å². The summed E-state index contributed by atoms with van der Waals surface area (Å²) in [7, 11) is 6.66. The van der Waals surface area contributed by atoms with Crippen molar-refractivity contribution in [1.29, 1.82) is 0 Å². The van der Waals surface area contributed by atoms with Crippen molar-refractivity contribution in [3.63, 3.8) is 0 Å². The fraction of sp³-hybridized carbons (Fsp3) is 0.577. The van der Waals surface area contributed by atoms with E-state index in [1.54, 1.807) is 40.6 Å². The van der Waals surface area contributed by atoms with E-state index in [-0.39, 0.29) is 11.1 Å². The van der Waals surface area contributed by atoms with E-state index < -0.39 is 5.60 Å². The molecular formula is C26H40N2O6Si. The maximum Gasteiger partial charge on any atom is 0.265 e. The van der Waals surface area contributed by atoms with E-state index in [0.29, 0.717) is 44.4 Å². The van der Waals surface area contributed by atoms with Crippen LogP contribution in [0.5, 0.6) is 34.6 Å². The number of ether oxygens (including phenoxy) is 5. The first kappa shape index (κ1) is 28.6. The number of aryl methyl sites for hydroxylation is 1. The Morgan fingerprint density at radius 2 is 1.49 bits per heavy atom. The van der Waals surface area contributed by atoms with E-state index in [1.165, 1.54) is 0 Å². The highest BCUT2D eigenvalue weighted by atomic mass is 28.2. The molecule has 0 amide bonds. The Kier molecular flexibility index (Phi) is 9.68. The number of hydrogen-bond acceptors (Lipinski definition) is 8. The van der Waals surface area contributed by atoms with Gasteiger partial charge in [0.2, 0.25) is 21.3 Å². The number of anilines is 1. The van der Waals surface area contributed by atoms with Gasteiger partial charge in [0.25, 0.3) is 5.88 Å². The molecule has 1 unspecified atom stereocenters. The number of nitrogens with one attached hydrogen (secondary N) is 1. The lowest BCUT2D eigenvalue weighted by Gasteiger charge is -2.37. The van der Waals surface area contributed by atoms with Crippen LogP contribution in [0, 0.1) is 6.92 Å². The van der Waals surface area contributed by atoms with Gasteiger partial charge in [-0.2, -0.15) is 0 Å². The smallest absolute Gasteiger partial charge is 0.265 e. The minimum Gasteiger partial charge on any atom is -0.496 e. The van der Waals surface area contributed by atoms with E-state index in [4.69, 9.17) is 28.1 Å². The fourth-order valence-corrected chi connectivity index (χ4v) is 4.20. The molecule has 35 heavy (non-hydrogen) atoms. The molecular weight excluding hydrogens is 464 g/mol. The molecule has 0 aliphatic heterocycles. The third-order valence-electron chi connectivity index (χ3n) is 5.34. The van der Waals surface area contributed by atoms with E-state index >= 15 is 0 Å². The summed E-state index contributed by atoms with van der Waals surface area (Å²) in [6.45, 7) is 14.8. The number of aromatic nitrogens is 1. The molecule has 194 valence electrons. The van der Waals surface area contributed by atoms with E-state index in [9.17, 15) is 0 Å². The highest BCUT2D eigenvalue weighted by molar-refractivity contribution is 6.31. The van der Waals surface area contributed by atoms with Gasteiger partial charge in [-0.3, -0.25) is 0 Å². The zero-order valence-corrected chi connectivity index (χ0v) is 23.9. The van der Waals surface area contributed by atoms with Crippen molar-refractivity contribution < 1.29 is 28.1 Å². The summed E-state index contributed by atoms with van der Waals surface area (Å²) in [5, 5.41) is 3.71. The molecule has 2 radical (unpaired) electrons. The molecule has 1 atom stereocenters. The lowest BCUT2D eigenvalue weighted by molar-refractivity contribution is 0.0858. The lowest BCUT2D eigenvalue weighted by atomic mass is 9.96. The highest BCUT2D eigenvalue weighted by Crippen LogP contribution is 2.46. The van der Waals surface area contributed by atoms with Crippen molar-refractivity contribution in [3.05, 3.63) is 23.9 Å². The van der Waals surface area contributed by atoms with Gasteiger partial charge in [-0.25, -0.2) is 4.98 Å². The van der Waals surface area contributed by atoms with Gasteiger partial charge in [-0.15, -0.1) is 0 Å². The van der Waals surface area contributed by atoms with Gasteiger partial charge in [-0.05, 0) is 38.3 Å². The average molecular weight is 505 g/mol. The SMILES string of the molecule is CCC(Nc1cc(C)nc(Oc2c(OC)cc(OC)cc2OC)c1OC)C(C)(C)O[Si]C(C)(C)C. The molecule has 0 bridgehead atoms. The number of pyridine rings is 1. The summed E-state index contributed by atoms with van der Waals surface area (Å²) in [4.78, 5) is 4.60. The second-order valence-electron chi connectivity index (χ2n) is 9.78. The standard InChI is InChI=1S/C26H40N2O6Si/c1-12-21(26(6,7)34-35-25(3,4)5)28-18-13-16(2)27-24(22(18)32-11)33-23-19(30-9)14-17(29-8)15-20(23)31-10/h13-15,21H,12H2,1-11H3,(H,27,28). The summed E-state index contributed by atoms with van der Waals surface area (Å²) in [5.74, 6) is 2.63. The van der Waals surface area contributed by atoms with Crippen LogP contribution >= 0.6 is 0 Å². The predicted molar refractivity (Wildman–Crippen MR) is 140 cm³/mol. The first-order valence-electron chi connectivity index (χ1n) is 11.6. The van der Waals surface area contributed by atoms with E-state index in [1.807, 2.05) is 13.0 Å². The third-order valence-corrected chi connectivity index (χ3v) is 6.58. The van der Waals surface area contributed by atoms with Crippen LogP contribution in [0.1, 0.15) is 53.7 Å². The number of hydrogen-bond donors (Lipinski definition) is 1. The fourth-order valence-electron chi connectivity index (χ4n) is 3.49. The highest BCUT2D eigenvalue weighted by Gasteiger charge is 2.32. The van der Waals surface area contributed by atoms with Crippen molar-refractivity contribution in [2.75, 3.05) is 33.8 Å². The van der Waals surface area contributed by atoms with Gasteiger partial charge >= 0.3 is 0 Å². The molecule has 1 N–H and O–H groups in total. The molecule has 0 saturated heterocycles. The van der Waals surface area contributed by atoms with Crippen LogP contribution in [0.15, 0.2) is 18.2 Å². The second kappa shape index (κ2) is 11.9. The molecule has 1 heterocycles. The molecule has 9 heteroatoms. The third kappa shape index (κ3) is 7.41. The van der Waals surface area contributed by atoms with Crippen LogP contribution in [-0.2, 0) is 4.43 Å². The lowest BCUT2D eigenvalue weighted by Crippen LogP contribution is -2.45. The average Bonchev–Trinajstić information content (AvgIpc) is 2.80. The molecule has 0 fully saturated rings. The monoisotopic (exact) mass is 504 g/mol. The molecule has 2 rings (SSSR count). The van der Waals surface area contributed by atoms with Gasteiger partial charge in [0.1, 0.15) is 5.75 Å². The Hall–Kier alpha value is -2.65. The van der Waals surface area contributed by atoms with Crippen LogP contribution in [0.3, 0.4) is 0 Å². The van der Waals surface area contributed by atoms with Crippen molar-refractivity contribution in [3.8, 4) is 34.6 Å². The molecule has 2 aromatic rings. The van der Waals surface area contributed by atoms with Crippen LogP contribution in [-0.4, -0.2) is 54.8 Å². The summed E-state index contributed by atoms with van der Waals surface area (Å²) in [6, 6.07) is 5.41. The van der Waals surface area contributed by atoms with Gasteiger partial charge in [0.15, 0.2) is 11.5 Å². The van der Waals surface area contributed by atoms with Crippen LogP contribution in [0.25, 0.3) is 0 Å². The Labute approximate surface area is 212 Å². The van der Waals surface area contributed by atoms with Crippen molar-refractivity contribution in [2.24, 2.45) is 0 Å². The largest absolute Gasteiger partial charge is 0.496 e. The van der Waals surface area contributed by atoms with Crippen molar-refractivity contribution in [1.82, 2.24) is 4.98 Å². The van der Waals surface area contributed by atoms with E-state index in [0.717, 1.165) is 17.8 Å². The molecule has 1 aromatic heterocycles.